The summed E-state index contributed by atoms with van der Waals surface area (Å²) in [5.41, 5.74) is 0.981. The molecule has 0 bridgehead atoms. The average molecular weight is 250 g/mol. The number of hydrogen-bond acceptors (Lipinski definition) is 3. The van der Waals surface area contributed by atoms with Gasteiger partial charge in [0.1, 0.15) is 0 Å². The number of para-hydroxylation sites is 1. The van der Waals surface area contributed by atoms with Gasteiger partial charge in [0.25, 0.3) is 0 Å². The van der Waals surface area contributed by atoms with E-state index in [4.69, 9.17) is 0 Å². The van der Waals surface area contributed by atoms with Gasteiger partial charge >= 0.3 is 0 Å². The fraction of sp³-hybridized carbons (Fsp3) is 0. The summed E-state index contributed by atoms with van der Waals surface area (Å²) in [5, 5.41) is 3.09. The van der Waals surface area contributed by atoms with Gasteiger partial charge in [0.2, 0.25) is 5.95 Å². The van der Waals surface area contributed by atoms with E-state index in [0.29, 0.717) is 5.95 Å². The molecule has 1 heterocycles. The van der Waals surface area contributed by atoms with Crippen LogP contribution in [0.1, 0.15) is 0 Å². The zero-order chi connectivity index (χ0) is 9.80. The summed E-state index contributed by atoms with van der Waals surface area (Å²) in [7, 11) is 0. The van der Waals surface area contributed by atoms with Gasteiger partial charge in [-0.25, -0.2) is 9.97 Å². The molecule has 1 N–H and O–H groups in total. The largest absolute Gasteiger partial charge is 0.324 e. The fourth-order valence-corrected chi connectivity index (χ4v) is 1.23. The molecule has 14 heavy (non-hydrogen) atoms. The minimum Gasteiger partial charge on any atom is -0.324 e. The third-order valence-electron chi connectivity index (χ3n) is 1.65. The van der Waals surface area contributed by atoms with Crippen LogP contribution in [0.5, 0.6) is 0 Å². The van der Waals surface area contributed by atoms with Crippen LogP contribution in [-0.4, -0.2) is 9.97 Å². The van der Waals surface area contributed by atoms with E-state index >= 15 is 0 Å². The zero-order valence-electron chi connectivity index (χ0n) is 7.31. The van der Waals surface area contributed by atoms with Crippen LogP contribution in [0.25, 0.3) is 0 Å². The Morgan fingerprint density at radius 2 is 1.64 bits per heavy atom. The predicted octanol–water partition coefficient (Wildman–Crippen LogP) is 2.98. The van der Waals surface area contributed by atoms with E-state index in [9.17, 15) is 0 Å². The topological polar surface area (TPSA) is 37.8 Å². The minimum absolute atomic E-state index is 0.597. The number of halogens is 1. The Morgan fingerprint density at radius 3 is 2.29 bits per heavy atom. The van der Waals surface area contributed by atoms with Crippen molar-refractivity contribution in [2.75, 3.05) is 5.32 Å². The Labute approximate surface area is 90.3 Å². The monoisotopic (exact) mass is 249 g/mol. The van der Waals surface area contributed by atoms with Crippen molar-refractivity contribution in [3.8, 4) is 0 Å². The van der Waals surface area contributed by atoms with Crippen molar-refractivity contribution in [2.45, 2.75) is 0 Å². The van der Waals surface area contributed by atoms with Gasteiger partial charge in [0.05, 0.1) is 4.47 Å². The van der Waals surface area contributed by atoms with Gasteiger partial charge in [-0.2, -0.15) is 0 Å². The highest BCUT2D eigenvalue weighted by molar-refractivity contribution is 9.10. The van der Waals surface area contributed by atoms with Gasteiger partial charge in [-0.1, -0.05) is 18.2 Å². The molecule has 0 fully saturated rings. The molecule has 0 aliphatic heterocycles. The fourth-order valence-electron chi connectivity index (χ4n) is 1.03. The normalized spacial score (nSPS) is 9.79. The van der Waals surface area contributed by atoms with Gasteiger partial charge < -0.3 is 5.32 Å². The number of anilines is 2. The SMILES string of the molecule is Brc1cnc(Nc2ccccc2)nc1. The second-order valence-corrected chi connectivity index (χ2v) is 3.63. The summed E-state index contributed by atoms with van der Waals surface area (Å²) in [6.45, 7) is 0. The summed E-state index contributed by atoms with van der Waals surface area (Å²) >= 11 is 3.28. The van der Waals surface area contributed by atoms with E-state index in [1.54, 1.807) is 12.4 Å². The lowest BCUT2D eigenvalue weighted by atomic mass is 10.3. The molecule has 0 saturated carbocycles. The first-order valence-corrected chi connectivity index (χ1v) is 4.93. The first-order chi connectivity index (χ1) is 6.84. The van der Waals surface area contributed by atoms with Gasteiger partial charge in [0.15, 0.2) is 0 Å². The molecule has 0 amide bonds. The van der Waals surface area contributed by atoms with Gasteiger partial charge in [-0.05, 0) is 28.1 Å². The van der Waals surface area contributed by atoms with Crippen LogP contribution in [0.4, 0.5) is 11.6 Å². The summed E-state index contributed by atoms with van der Waals surface area (Å²) < 4.78 is 0.871. The molecule has 3 nitrogen and oxygen atoms in total. The van der Waals surface area contributed by atoms with Crippen LogP contribution >= 0.6 is 15.9 Å². The average Bonchev–Trinajstić information content (AvgIpc) is 2.23. The number of nitrogens with zero attached hydrogens (tertiary/aromatic N) is 2. The van der Waals surface area contributed by atoms with Crippen LogP contribution in [0.2, 0.25) is 0 Å². The summed E-state index contributed by atoms with van der Waals surface area (Å²) in [4.78, 5) is 8.21. The highest BCUT2D eigenvalue weighted by Crippen LogP contribution is 2.12. The van der Waals surface area contributed by atoms with Crippen molar-refractivity contribution in [3.05, 3.63) is 47.2 Å². The number of aromatic nitrogens is 2. The lowest BCUT2D eigenvalue weighted by molar-refractivity contribution is 1.15. The molecule has 2 aromatic rings. The van der Waals surface area contributed by atoms with Crippen LogP contribution < -0.4 is 5.32 Å². The maximum Gasteiger partial charge on any atom is 0.227 e. The molecule has 0 atom stereocenters. The molecular weight excluding hydrogens is 242 g/mol. The molecule has 2 rings (SSSR count). The summed E-state index contributed by atoms with van der Waals surface area (Å²) in [5.74, 6) is 0.597. The molecule has 0 aliphatic rings. The number of rotatable bonds is 2. The number of hydrogen-bond donors (Lipinski definition) is 1. The highest BCUT2D eigenvalue weighted by Gasteiger charge is 1.95. The Bertz CT molecular complexity index is 399. The van der Waals surface area contributed by atoms with Crippen molar-refractivity contribution in [2.24, 2.45) is 0 Å². The van der Waals surface area contributed by atoms with E-state index in [1.807, 2.05) is 30.3 Å². The van der Waals surface area contributed by atoms with Crippen LogP contribution in [0, 0.1) is 0 Å². The third-order valence-corrected chi connectivity index (χ3v) is 2.06. The van der Waals surface area contributed by atoms with E-state index in [1.165, 1.54) is 0 Å². The maximum atomic E-state index is 4.10. The van der Waals surface area contributed by atoms with Gasteiger partial charge in [-0.3, -0.25) is 0 Å². The molecular formula is C10H8BrN3. The van der Waals surface area contributed by atoms with Crippen LogP contribution in [-0.2, 0) is 0 Å². The van der Waals surface area contributed by atoms with E-state index < -0.39 is 0 Å². The Hall–Kier alpha value is -1.42. The Kier molecular flexibility index (Phi) is 2.74. The molecule has 4 heteroatoms. The molecule has 1 aromatic heterocycles. The van der Waals surface area contributed by atoms with Gasteiger partial charge in [0, 0.05) is 18.1 Å². The smallest absolute Gasteiger partial charge is 0.227 e. The molecule has 0 saturated heterocycles. The zero-order valence-corrected chi connectivity index (χ0v) is 8.90. The molecule has 0 radical (unpaired) electrons. The number of nitrogens with one attached hydrogen (secondary N) is 1. The molecule has 70 valence electrons. The lowest BCUT2D eigenvalue weighted by Gasteiger charge is -2.02. The first-order valence-electron chi connectivity index (χ1n) is 4.14. The van der Waals surface area contributed by atoms with Crippen molar-refractivity contribution >= 4 is 27.6 Å². The first kappa shape index (κ1) is 9.15. The van der Waals surface area contributed by atoms with Crippen molar-refractivity contribution in [1.29, 1.82) is 0 Å². The molecule has 0 spiro atoms. The lowest BCUT2D eigenvalue weighted by Crippen LogP contribution is -1.95. The van der Waals surface area contributed by atoms with E-state index in [-0.39, 0.29) is 0 Å². The van der Waals surface area contributed by atoms with Crippen LogP contribution in [0.3, 0.4) is 0 Å². The van der Waals surface area contributed by atoms with E-state index in [2.05, 4.69) is 31.2 Å². The molecule has 1 aromatic carbocycles. The standard InChI is InChI=1S/C10H8BrN3/c11-8-6-12-10(13-7-8)14-9-4-2-1-3-5-9/h1-7H,(H,12,13,14). The maximum absolute atomic E-state index is 4.10. The minimum atomic E-state index is 0.597. The second-order valence-electron chi connectivity index (χ2n) is 2.72. The quantitative estimate of drug-likeness (QED) is 0.890. The van der Waals surface area contributed by atoms with Gasteiger partial charge in [-0.15, -0.1) is 0 Å². The molecule has 0 aliphatic carbocycles. The Balaban J connectivity index is 2.16. The second kappa shape index (κ2) is 4.19. The molecule has 0 unspecified atom stereocenters. The predicted molar refractivity (Wildman–Crippen MR) is 59.5 cm³/mol. The third kappa shape index (κ3) is 2.29. The van der Waals surface area contributed by atoms with E-state index in [0.717, 1.165) is 10.2 Å². The van der Waals surface area contributed by atoms with Crippen LogP contribution in [0.15, 0.2) is 47.2 Å². The number of benzene rings is 1. The summed E-state index contributed by atoms with van der Waals surface area (Å²) in [6, 6.07) is 9.81. The highest BCUT2D eigenvalue weighted by atomic mass is 79.9. The van der Waals surface area contributed by atoms with Crippen molar-refractivity contribution < 1.29 is 0 Å². The van der Waals surface area contributed by atoms with Crippen molar-refractivity contribution in [3.63, 3.8) is 0 Å². The summed E-state index contributed by atoms with van der Waals surface area (Å²) in [6.07, 6.45) is 3.41. The Morgan fingerprint density at radius 1 is 1.00 bits per heavy atom. The van der Waals surface area contributed by atoms with Crippen molar-refractivity contribution in [1.82, 2.24) is 9.97 Å².